The quantitative estimate of drug-likeness (QED) is 0.813. The fourth-order valence-corrected chi connectivity index (χ4v) is 2.40. The average molecular weight is 262 g/mol. The van der Waals surface area contributed by atoms with E-state index in [1.165, 1.54) is 24.0 Å². The summed E-state index contributed by atoms with van der Waals surface area (Å²) in [6.45, 7) is 7.44. The second kappa shape index (κ2) is 7.06. The van der Waals surface area contributed by atoms with Gasteiger partial charge in [0.05, 0.1) is 0 Å². The van der Waals surface area contributed by atoms with Gasteiger partial charge in [0.2, 0.25) is 0 Å². The molecule has 0 bridgehead atoms. The van der Waals surface area contributed by atoms with Crippen LogP contribution in [-0.4, -0.2) is 25.5 Å². The summed E-state index contributed by atoms with van der Waals surface area (Å²) in [5.41, 5.74) is 8.88. The van der Waals surface area contributed by atoms with E-state index in [1.54, 1.807) is 0 Å². The maximum absolute atomic E-state index is 5.88. The van der Waals surface area contributed by atoms with Gasteiger partial charge in [0.1, 0.15) is 0 Å². The molecule has 2 nitrogen and oxygen atoms in total. The minimum Gasteiger partial charge on any atom is -0.330 e. The smallest absolute Gasteiger partial charge is 0.0347 e. The van der Waals surface area contributed by atoms with Crippen LogP contribution >= 0.6 is 0 Å². The van der Waals surface area contributed by atoms with Crippen LogP contribution in [0.4, 0.5) is 0 Å². The molecule has 0 aromatic heterocycles. The van der Waals surface area contributed by atoms with Gasteiger partial charge in [0, 0.05) is 6.04 Å². The molecule has 0 aliphatic carbocycles. The van der Waals surface area contributed by atoms with E-state index in [0.29, 0.717) is 6.04 Å². The number of nitrogens with zero attached hydrogens (tertiary/aromatic N) is 1. The zero-order valence-corrected chi connectivity index (χ0v) is 13.2. The minimum absolute atomic E-state index is 0.178. The first-order valence-electron chi connectivity index (χ1n) is 7.35. The predicted molar refractivity (Wildman–Crippen MR) is 84.3 cm³/mol. The van der Waals surface area contributed by atoms with E-state index in [0.717, 1.165) is 13.0 Å². The van der Waals surface area contributed by atoms with Crippen LogP contribution in [0.5, 0.6) is 0 Å². The minimum atomic E-state index is 0.178. The van der Waals surface area contributed by atoms with Crippen molar-refractivity contribution >= 4 is 0 Å². The highest BCUT2D eigenvalue weighted by atomic mass is 15.1. The molecular formula is C17H30N2. The third-order valence-corrected chi connectivity index (χ3v) is 3.83. The van der Waals surface area contributed by atoms with Gasteiger partial charge in [-0.25, -0.2) is 0 Å². The van der Waals surface area contributed by atoms with Crippen molar-refractivity contribution in [2.45, 2.75) is 46.1 Å². The second-order valence-corrected chi connectivity index (χ2v) is 6.54. The van der Waals surface area contributed by atoms with E-state index in [9.17, 15) is 0 Å². The Labute approximate surface area is 119 Å². The fourth-order valence-electron chi connectivity index (χ4n) is 2.40. The van der Waals surface area contributed by atoms with Crippen molar-refractivity contribution in [2.75, 3.05) is 20.6 Å². The van der Waals surface area contributed by atoms with Crippen molar-refractivity contribution < 1.29 is 0 Å². The summed E-state index contributed by atoms with van der Waals surface area (Å²) >= 11 is 0. The summed E-state index contributed by atoms with van der Waals surface area (Å²) in [4.78, 5) is 2.30. The van der Waals surface area contributed by atoms with E-state index >= 15 is 0 Å². The maximum Gasteiger partial charge on any atom is 0.0347 e. The van der Waals surface area contributed by atoms with Crippen LogP contribution < -0.4 is 5.73 Å². The van der Waals surface area contributed by atoms with Crippen molar-refractivity contribution in [3.05, 3.63) is 35.4 Å². The van der Waals surface area contributed by atoms with Crippen molar-refractivity contribution in [1.29, 1.82) is 0 Å². The zero-order valence-electron chi connectivity index (χ0n) is 13.2. The number of rotatable bonds is 7. The SMILES string of the molecule is CCCc1ccc(C(CC(C)(C)CN)N(C)C)cc1. The maximum atomic E-state index is 5.88. The van der Waals surface area contributed by atoms with Crippen LogP contribution in [0.15, 0.2) is 24.3 Å². The molecule has 1 atom stereocenters. The van der Waals surface area contributed by atoms with Crippen molar-refractivity contribution in [2.24, 2.45) is 11.1 Å². The number of hydrogen-bond acceptors (Lipinski definition) is 2. The Morgan fingerprint density at radius 1 is 1.16 bits per heavy atom. The molecule has 0 heterocycles. The summed E-state index contributed by atoms with van der Waals surface area (Å²) in [5.74, 6) is 0. The van der Waals surface area contributed by atoms with Crippen LogP contribution in [0.25, 0.3) is 0 Å². The molecule has 1 unspecified atom stereocenters. The Hall–Kier alpha value is -0.860. The molecule has 0 aliphatic rings. The molecule has 1 aromatic carbocycles. The molecule has 19 heavy (non-hydrogen) atoms. The molecule has 0 saturated heterocycles. The lowest BCUT2D eigenvalue weighted by Gasteiger charge is -2.33. The number of nitrogens with two attached hydrogens (primary N) is 1. The first-order chi connectivity index (χ1) is 8.89. The van der Waals surface area contributed by atoms with Gasteiger partial charge >= 0.3 is 0 Å². The lowest BCUT2D eigenvalue weighted by molar-refractivity contribution is 0.202. The molecule has 108 valence electrons. The normalized spacial score (nSPS) is 13.8. The van der Waals surface area contributed by atoms with Crippen molar-refractivity contribution in [1.82, 2.24) is 4.90 Å². The van der Waals surface area contributed by atoms with Gasteiger partial charge in [-0.3, -0.25) is 0 Å². The summed E-state index contributed by atoms with van der Waals surface area (Å²) in [5, 5.41) is 0. The van der Waals surface area contributed by atoms with E-state index in [4.69, 9.17) is 5.73 Å². The number of hydrogen-bond donors (Lipinski definition) is 1. The molecule has 0 amide bonds. The summed E-state index contributed by atoms with van der Waals surface area (Å²) in [6.07, 6.45) is 3.46. The zero-order chi connectivity index (χ0) is 14.5. The van der Waals surface area contributed by atoms with Crippen LogP contribution in [0, 0.1) is 5.41 Å². The highest BCUT2D eigenvalue weighted by Crippen LogP contribution is 2.32. The van der Waals surface area contributed by atoms with E-state index in [2.05, 4.69) is 64.0 Å². The summed E-state index contributed by atoms with van der Waals surface area (Å²) in [6, 6.07) is 9.54. The molecule has 2 heteroatoms. The van der Waals surface area contributed by atoms with Crippen LogP contribution in [-0.2, 0) is 6.42 Å². The molecule has 0 fully saturated rings. The Kier molecular flexibility index (Phi) is 6.02. The predicted octanol–water partition coefficient (Wildman–Crippen LogP) is 3.62. The molecule has 0 radical (unpaired) electrons. The standard InChI is InChI=1S/C17H30N2/c1-6-7-14-8-10-15(11-9-14)16(19(4)5)12-17(2,3)13-18/h8-11,16H,6-7,12-13,18H2,1-5H3. The highest BCUT2D eigenvalue weighted by Gasteiger charge is 2.24. The first-order valence-corrected chi connectivity index (χ1v) is 7.35. The van der Waals surface area contributed by atoms with Gasteiger partial charge in [-0.15, -0.1) is 0 Å². The Balaban J connectivity index is 2.87. The monoisotopic (exact) mass is 262 g/mol. The third kappa shape index (κ3) is 4.96. The third-order valence-electron chi connectivity index (χ3n) is 3.83. The lowest BCUT2D eigenvalue weighted by atomic mass is 9.83. The summed E-state index contributed by atoms with van der Waals surface area (Å²) < 4.78 is 0. The van der Waals surface area contributed by atoms with Crippen LogP contribution in [0.3, 0.4) is 0 Å². The Morgan fingerprint density at radius 2 is 1.74 bits per heavy atom. The van der Waals surface area contributed by atoms with Crippen LogP contribution in [0.1, 0.15) is 50.8 Å². The van der Waals surface area contributed by atoms with Gasteiger partial charge in [-0.2, -0.15) is 0 Å². The molecule has 0 aliphatic heterocycles. The van der Waals surface area contributed by atoms with Gasteiger partial charge in [-0.1, -0.05) is 51.5 Å². The number of benzene rings is 1. The Morgan fingerprint density at radius 3 is 2.16 bits per heavy atom. The fraction of sp³-hybridized carbons (Fsp3) is 0.647. The van der Waals surface area contributed by atoms with Crippen molar-refractivity contribution in [3.8, 4) is 0 Å². The van der Waals surface area contributed by atoms with Gasteiger partial charge < -0.3 is 10.6 Å². The molecule has 0 saturated carbocycles. The molecule has 1 rings (SSSR count). The first kappa shape index (κ1) is 16.2. The molecule has 1 aromatic rings. The van der Waals surface area contributed by atoms with Gasteiger partial charge in [0.25, 0.3) is 0 Å². The van der Waals surface area contributed by atoms with E-state index in [-0.39, 0.29) is 5.41 Å². The van der Waals surface area contributed by atoms with Gasteiger partial charge in [0.15, 0.2) is 0 Å². The molecular weight excluding hydrogens is 232 g/mol. The van der Waals surface area contributed by atoms with Gasteiger partial charge in [-0.05, 0) is 50.0 Å². The molecule has 0 spiro atoms. The summed E-state index contributed by atoms with van der Waals surface area (Å²) in [7, 11) is 4.30. The second-order valence-electron chi connectivity index (χ2n) is 6.54. The lowest BCUT2D eigenvalue weighted by Crippen LogP contribution is -2.31. The number of aryl methyl sites for hydroxylation is 1. The highest BCUT2D eigenvalue weighted by molar-refractivity contribution is 5.25. The van der Waals surface area contributed by atoms with Crippen molar-refractivity contribution in [3.63, 3.8) is 0 Å². The van der Waals surface area contributed by atoms with Crippen LogP contribution in [0.2, 0.25) is 0 Å². The largest absolute Gasteiger partial charge is 0.330 e. The molecule has 2 N–H and O–H groups in total. The topological polar surface area (TPSA) is 29.3 Å². The van der Waals surface area contributed by atoms with E-state index in [1.807, 2.05) is 0 Å². The average Bonchev–Trinajstić information content (AvgIpc) is 2.37. The Bertz CT molecular complexity index is 365. The van der Waals surface area contributed by atoms with E-state index < -0.39 is 0 Å².